The molecule has 0 aliphatic carbocycles. The van der Waals surface area contributed by atoms with Crippen LogP contribution in [0, 0.1) is 6.92 Å². The Kier molecular flexibility index (Phi) is 4.71. The number of hydrogen-bond acceptors (Lipinski definition) is 6. The topological polar surface area (TPSA) is 93.8 Å². The summed E-state index contributed by atoms with van der Waals surface area (Å²) in [5.74, 6) is 0.555. The Morgan fingerprint density at radius 2 is 1.27 bits per heavy atom. The van der Waals surface area contributed by atoms with E-state index in [4.69, 9.17) is 13.3 Å². The van der Waals surface area contributed by atoms with Crippen LogP contribution in [-0.4, -0.2) is 5.11 Å². The summed E-state index contributed by atoms with van der Waals surface area (Å²) < 4.78 is 17.1. The van der Waals surface area contributed by atoms with E-state index in [-0.39, 0.29) is 39.7 Å². The molecule has 0 atom stereocenters. The van der Waals surface area contributed by atoms with E-state index in [9.17, 15) is 14.7 Å². The number of aryl methyl sites for hydroxylation is 1. The molecule has 0 unspecified atom stereocenters. The first-order valence-corrected chi connectivity index (χ1v) is 11.0. The Morgan fingerprint density at radius 1 is 0.727 bits per heavy atom. The van der Waals surface area contributed by atoms with Crippen molar-refractivity contribution in [3.8, 4) is 16.9 Å². The summed E-state index contributed by atoms with van der Waals surface area (Å²) in [5.41, 5.74) is 1.73. The summed E-state index contributed by atoms with van der Waals surface area (Å²) in [4.78, 5) is 26.0. The highest BCUT2D eigenvalue weighted by Crippen LogP contribution is 2.41. The largest absolute Gasteiger partial charge is 0.506 e. The van der Waals surface area contributed by atoms with Crippen molar-refractivity contribution in [1.82, 2.24) is 0 Å². The normalized spacial score (nSPS) is 12.1. The number of rotatable bonds is 3. The molecule has 0 amide bonds. The van der Waals surface area contributed by atoms with Gasteiger partial charge in [-0.3, -0.25) is 0 Å². The van der Waals surface area contributed by atoms with Crippen LogP contribution in [0.5, 0.6) is 5.75 Å². The van der Waals surface area contributed by atoms with Crippen molar-refractivity contribution >= 4 is 32.9 Å². The molecule has 0 aliphatic heterocycles. The number of furan rings is 1. The van der Waals surface area contributed by atoms with Crippen LogP contribution in [0.3, 0.4) is 0 Å². The molecule has 6 nitrogen and oxygen atoms in total. The van der Waals surface area contributed by atoms with Gasteiger partial charge in [0.25, 0.3) is 0 Å². The van der Waals surface area contributed by atoms with Crippen LogP contribution in [0.4, 0.5) is 0 Å². The Morgan fingerprint density at radius 3 is 1.88 bits per heavy atom. The zero-order valence-corrected chi connectivity index (χ0v) is 19.1. The summed E-state index contributed by atoms with van der Waals surface area (Å²) in [7, 11) is 0. The monoisotopic (exact) mass is 444 g/mol. The van der Waals surface area contributed by atoms with Crippen LogP contribution >= 0.6 is 0 Å². The van der Waals surface area contributed by atoms with Gasteiger partial charge in [-0.15, -0.1) is 0 Å². The Balaban J connectivity index is 1.90. The van der Waals surface area contributed by atoms with Crippen LogP contribution in [0.2, 0.25) is 0 Å². The molecule has 6 heteroatoms. The highest BCUT2D eigenvalue weighted by molar-refractivity contribution is 6.09. The SMILES string of the molecule is Cc1oc2c(c1-c1c(O)c3cc(C(C)C)ccc3oc1=O)c(=O)oc1ccc(C(C)C)cc12. The van der Waals surface area contributed by atoms with Crippen molar-refractivity contribution in [2.24, 2.45) is 0 Å². The average molecular weight is 444 g/mol. The second-order valence-electron chi connectivity index (χ2n) is 9.06. The van der Waals surface area contributed by atoms with Gasteiger partial charge in [-0.2, -0.15) is 0 Å². The maximum atomic E-state index is 13.0. The molecular weight excluding hydrogens is 420 g/mol. The van der Waals surface area contributed by atoms with E-state index in [1.54, 1.807) is 25.1 Å². The lowest BCUT2D eigenvalue weighted by atomic mass is 9.97. The van der Waals surface area contributed by atoms with Crippen LogP contribution in [0.1, 0.15) is 56.4 Å². The number of fused-ring (bicyclic) bond motifs is 4. The molecule has 5 rings (SSSR count). The van der Waals surface area contributed by atoms with Gasteiger partial charge in [0, 0.05) is 5.56 Å². The van der Waals surface area contributed by atoms with Gasteiger partial charge >= 0.3 is 11.3 Å². The third-order valence-corrected chi connectivity index (χ3v) is 6.22. The van der Waals surface area contributed by atoms with E-state index in [1.165, 1.54) is 0 Å². The summed E-state index contributed by atoms with van der Waals surface area (Å²) >= 11 is 0. The highest BCUT2D eigenvalue weighted by atomic mass is 16.4. The van der Waals surface area contributed by atoms with Gasteiger partial charge < -0.3 is 18.4 Å². The fraction of sp³-hybridized carbons (Fsp3) is 0.259. The maximum absolute atomic E-state index is 13.0. The molecule has 0 radical (unpaired) electrons. The average Bonchev–Trinajstić information content (AvgIpc) is 3.11. The van der Waals surface area contributed by atoms with Gasteiger partial charge in [-0.05, 0) is 54.2 Å². The first kappa shape index (κ1) is 21.1. The first-order valence-electron chi connectivity index (χ1n) is 11.0. The maximum Gasteiger partial charge on any atom is 0.348 e. The van der Waals surface area contributed by atoms with Crippen molar-refractivity contribution in [1.29, 1.82) is 0 Å². The molecule has 0 aliphatic rings. The molecule has 168 valence electrons. The molecule has 0 saturated heterocycles. The third-order valence-electron chi connectivity index (χ3n) is 6.22. The molecule has 0 saturated carbocycles. The quantitative estimate of drug-likeness (QED) is 0.316. The Hall–Kier alpha value is -3.80. The van der Waals surface area contributed by atoms with Crippen molar-refractivity contribution in [3.05, 3.63) is 74.1 Å². The van der Waals surface area contributed by atoms with Gasteiger partial charge in [-0.25, -0.2) is 9.59 Å². The molecule has 3 aromatic heterocycles. The van der Waals surface area contributed by atoms with Crippen molar-refractivity contribution in [2.45, 2.75) is 46.5 Å². The second-order valence-corrected chi connectivity index (χ2v) is 9.06. The van der Waals surface area contributed by atoms with Gasteiger partial charge in [0.2, 0.25) is 0 Å². The lowest BCUT2D eigenvalue weighted by molar-refractivity contribution is 0.470. The summed E-state index contributed by atoms with van der Waals surface area (Å²) in [6.07, 6.45) is 0. The van der Waals surface area contributed by atoms with Crippen molar-refractivity contribution < 1.29 is 18.4 Å². The van der Waals surface area contributed by atoms with E-state index < -0.39 is 11.3 Å². The molecular formula is C27H24O6. The fourth-order valence-corrected chi connectivity index (χ4v) is 4.34. The van der Waals surface area contributed by atoms with E-state index in [0.717, 1.165) is 11.1 Å². The zero-order valence-electron chi connectivity index (χ0n) is 19.1. The van der Waals surface area contributed by atoms with Gasteiger partial charge in [-0.1, -0.05) is 39.8 Å². The zero-order chi connectivity index (χ0) is 23.6. The van der Waals surface area contributed by atoms with Gasteiger partial charge in [0.05, 0.1) is 10.8 Å². The number of aromatic hydroxyl groups is 1. The highest BCUT2D eigenvalue weighted by Gasteiger charge is 2.27. The molecule has 0 fully saturated rings. The van der Waals surface area contributed by atoms with Crippen molar-refractivity contribution in [3.63, 3.8) is 0 Å². The lowest BCUT2D eigenvalue weighted by Gasteiger charge is -2.10. The predicted octanol–water partition coefficient (Wildman–Crippen LogP) is 6.57. The summed E-state index contributed by atoms with van der Waals surface area (Å²) in [6.45, 7) is 9.86. The minimum atomic E-state index is -0.751. The summed E-state index contributed by atoms with van der Waals surface area (Å²) in [6, 6.07) is 10.9. The van der Waals surface area contributed by atoms with E-state index in [1.807, 2.05) is 32.0 Å². The summed E-state index contributed by atoms with van der Waals surface area (Å²) in [5, 5.41) is 12.3. The minimum absolute atomic E-state index is 0.105. The Bertz CT molecular complexity index is 1680. The standard InChI is InChI=1S/C27H24O6/c1-12(2)15-6-8-19-17(10-15)24(28)22(26(29)32-19)21-14(5)31-25-18-11-16(13(3)4)7-9-20(18)33-27(30)23(21)25/h6-13,28H,1-5H3. The van der Waals surface area contributed by atoms with E-state index in [2.05, 4.69) is 13.8 Å². The van der Waals surface area contributed by atoms with Crippen LogP contribution in [-0.2, 0) is 0 Å². The molecule has 0 spiro atoms. The minimum Gasteiger partial charge on any atom is -0.506 e. The molecule has 1 N–H and O–H groups in total. The number of hydrogen-bond donors (Lipinski definition) is 1. The van der Waals surface area contributed by atoms with Gasteiger partial charge in [0.15, 0.2) is 5.58 Å². The molecule has 33 heavy (non-hydrogen) atoms. The number of benzene rings is 2. The first-order chi connectivity index (χ1) is 15.7. The van der Waals surface area contributed by atoms with Crippen LogP contribution < -0.4 is 11.3 Å². The molecule has 2 aromatic carbocycles. The van der Waals surface area contributed by atoms with Crippen LogP contribution in [0.25, 0.3) is 44.0 Å². The van der Waals surface area contributed by atoms with Crippen LogP contribution in [0.15, 0.2) is 59.2 Å². The molecule has 5 aromatic rings. The Labute approximate surface area is 189 Å². The third kappa shape index (κ3) is 3.17. The van der Waals surface area contributed by atoms with E-state index in [0.29, 0.717) is 27.7 Å². The van der Waals surface area contributed by atoms with Gasteiger partial charge in [0.1, 0.15) is 33.6 Å². The second kappa shape index (κ2) is 7.37. The fourth-order valence-electron chi connectivity index (χ4n) is 4.34. The van der Waals surface area contributed by atoms with E-state index >= 15 is 0 Å². The molecule has 0 bridgehead atoms. The lowest BCUT2D eigenvalue weighted by Crippen LogP contribution is -2.07. The smallest absolute Gasteiger partial charge is 0.348 e. The van der Waals surface area contributed by atoms with Crippen molar-refractivity contribution in [2.75, 3.05) is 0 Å². The molecule has 3 heterocycles. The predicted molar refractivity (Wildman–Crippen MR) is 128 cm³/mol.